The van der Waals surface area contributed by atoms with E-state index in [1.165, 1.54) is 0 Å². The van der Waals surface area contributed by atoms with Crippen LogP contribution in [-0.4, -0.2) is 62.6 Å². The second-order valence-corrected chi connectivity index (χ2v) is 6.35. The first-order valence-corrected chi connectivity index (χ1v) is 9.33. The van der Waals surface area contributed by atoms with Gasteiger partial charge >= 0.3 is 0 Å². The van der Waals surface area contributed by atoms with Gasteiger partial charge < -0.3 is 20.4 Å². The summed E-state index contributed by atoms with van der Waals surface area (Å²) in [6, 6.07) is 7.93. The summed E-state index contributed by atoms with van der Waals surface area (Å²) in [6.07, 6.45) is 0.930. The Morgan fingerprint density at radius 1 is 1.15 bits per heavy atom. The van der Waals surface area contributed by atoms with Crippen molar-refractivity contribution in [1.29, 1.82) is 0 Å². The fraction of sp³-hybridized carbons (Fsp3) is 0.556. The standard InChI is InChI=1S/C18H28ClN5O.HI/c1-3-9-21-17(25)14-22-18(20-4-2)24-12-10-23(11-13-24)16-8-6-5-7-15(16)19;/h5-8H,3-4,9-14H2,1-2H3,(H,20,22)(H,21,25);1H. The predicted octanol–water partition coefficient (Wildman–Crippen LogP) is 2.57. The smallest absolute Gasteiger partial charge is 0.241 e. The van der Waals surface area contributed by atoms with Gasteiger partial charge in [0.1, 0.15) is 6.54 Å². The number of nitrogens with one attached hydrogen (secondary N) is 2. The summed E-state index contributed by atoms with van der Waals surface area (Å²) in [4.78, 5) is 20.7. The molecule has 0 bridgehead atoms. The van der Waals surface area contributed by atoms with Crippen LogP contribution in [0, 0.1) is 0 Å². The fourth-order valence-electron chi connectivity index (χ4n) is 2.76. The lowest BCUT2D eigenvalue weighted by Gasteiger charge is -2.38. The maximum Gasteiger partial charge on any atom is 0.241 e. The Hall–Kier alpha value is -1.22. The SMILES string of the molecule is CCCNC(=O)CN=C(NCC)N1CCN(c2ccccc2Cl)CC1.I. The number of carbonyl (C=O) groups excluding carboxylic acids is 1. The van der Waals surface area contributed by atoms with Crippen molar-refractivity contribution in [3.05, 3.63) is 29.3 Å². The quantitative estimate of drug-likeness (QED) is 0.363. The molecule has 1 aromatic rings. The maximum absolute atomic E-state index is 11.8. The molecule has 26 heavy (non-hydrogen) atoms. The lowest BCUT2D eigenvalue weighted by molar-refractivity contribution is -0.119. The third kappa shape index (κ3) is 6.83. The number of piperazine rings is 1. The van der Waals surface area contributed by atoms with Gasteiger partial charge in [-0.1, -0.05) is 30.7 Å². The Balaban J connectivity index is 0.00000338. The van der Waals surface area contributed by atoms with Gasteiger partial charge in [-0.3, -0.25) is 4.79 Å². The zero-order valence-corrected chi connectivity index (χ0v) is 18.6. The Kier molecular flexibility index (Phi) is 10.7. The van der Waals surface area contributed by atoms with E-state index < -0.39 is 0 Å². The van der Waals surface area contributed by atoms with E-state index in [0.717, 1.165) is 55.8 Å². The number of hydrogen-bond donors (Lipinski definition) is 2. The van der Waals surface area contributed by atoms with Crippen LogP contribution in [0.3, 0.4) is 0 Å². The number of amides is 1. The molecular weight excluding hydrogens is 465 g/mol. The van der Waals surface area contributed by atoms with Crippen molar-refractivity contribution in [2.24, 2.45) is 4.99 Å². The minimum atomic E-state index is -0.0352. The molecule has 0 aromatic heterocycles. The summed E-state index contributed by atoms with van der Waals surface area (Å²) in [7, 11) is 0. The van der Waals surface area contributed by atoms with Crippen LogP contribution in [0.1, 0.15) is 20.3 Å². The van der Waals surface area contributed by atoms with Crippen molar-refractivity contribution >= 4 is 53.1 Å². The topological polar surface area (TPSA) is 60.0 Å². The number of anilines is 1. The van der Waals surface area contributed by atoms with Crippen LogP contribution in [-0.2, 0) is 4.79 Å². The highest BCUT2D eigenvalue weighted by Gasteiger charge is 2.21. The number of nitrogens with zero attached hydrogens (tertiary/aromatic N) is 3. The number of guanidine groups is 1. The summed E-state index contributed by atoms with van der Waals surface area (Å²) in [5.74, 6) is 0.764. The van der Waals surface area contributed by atoms with Crippen molar-refractivity contribution < 1.29 is 4.79 Å². The molecule has 1 fully saturated rings. The Morgan fingerprint density at radius 2 is 1.85 bits per heavy atom. The minimum Gasteiger partial charge on any atom is -0.367 e. The van der Waals surface area contributed by atoms with Crippen LogP contribution in [0.4, 0.5) is 5.69 Å². The summed E-state index contributed by atoms with van der Waals surface area (Å²) < 4.78 is 0. The molecule has 0 unspecified atom stereocenters. The van der Waals surface area contributed by atoms with Crippen LogP contribution < -0.4 is 15.5 Å². The molecule has 1 heterocycles. The average molecular weight is 494 g/mol. The molecule has 146 valence electrons. The van der Waals surface area contributed by atoms with Crippen molar-refractivity contribution in [3.8, 4) is 0 Å². The Morgan fingerprint density at radius 3 is 2.46 bits per heavy atom. The molecule has 1 amide bonds. The summed E-state index contributed by atoms with van der Waals surface area (Å²) >= 11 is 6.30. The average Bonchev–Trinajstić information content (AvgIpc) is 2.64. The molecule has 0 radical (unpaired) electrons. The van der Waals surface area contributed by atoms with E-state index in [2.05, 4.69) is 31.5 Å². The molecule has 1 saturated heterocycles. The van der Waals surface area contributed by atoms with Gasteiger partial charge in [-0.2, -0.15) is 0 Å². The van der Waals surface area contributed by atoms with Crippen LogP contribution in [0.5, 0.6) is 0 Å². The summed E-state index contributed by atoms with van der Waals surface area (Å²) in [6.45, 7) is 9.13. The van der Waals surface area contributed by atoms with E-state index in [0.29, 0.717) is 6.54 Å². The van der Waals surface area contributed by atoms with Crippen molar-refractivity contribution in [2.75, 3.05) is 50.7 Å². The first-order chi connectivity index (χ1) is 12.2. The molecule has 0 aliphatic carbocycles. The van der Waals surface area contributed by atoms with Crippen LogP contribution in [0.15, 0.2) is 29.3 Å². The fourth-order valence-corrected chi connectivity index (χ4v) is 3.02. The molecule has 2 N–H and O–H groups in total. The van der Waals surface area contributed by atoms with Crippen molar-refractivity contribution in [1.82, 2.24) is 15.5 Å². The minimum absolute atomic E-state index is 0. The van der Waals surface area contributed by atoms with E-state index in [4.69, 9.17) is 11.6 Å². The molecule has 8 heteroatoms. The van der Waals surface area contributed by atoms with Gasteiger partial charge in [-0.05, 0) is 25.5 Å². The molecule has 0 saturated carbocycles. The predicted molar refractivity (Wildman–Crippen MR) is 120 cm³/mol. The van der Waals surface area contributed by atoms with E-state index in [9.17, 15) is 4.79 Å². The van der Waals surface area contributed by atoms with Gasteiger partial charge in [0.2, 0.25) is 5.91 Å². The second-order valence-electron chi connectivity index (χ2n) is 5.95. The second kappa shape index (κ2) is 12.2. The molecule has 2 rings (SSSR count). The van der Waals surface area contributed by atoms with E-state index in [1.807, 2.05) is 32.0 Å². The number of para-hydroxylation sites is 1. The Labute approximate surface area is 178 Å². The number of carbonyl (C=O) groups is 1. The Bertz CT molecular complexity index is 591. The highest BCUT2D eigenvalue weighted by molar-refractivity contribution is 14.0. The van der Waals surface area contributed by atoms with Gasteiger partial charge in [0.25, 0.3) is 0 Å². The van der Waals surface area contributed by atoms with Crippen LogP contribution >= 0.6 is 35.6 Å². The number of benzene rings is 1. The lowest BCUT2D eigenvalue weighted by Crippen LogP contribution is -2.52. The number of aliphatic imine (C=N–C) groups is 1. The van der Waals surface area contributed by atoms with Crippen LogP contribution in [0.25, 0.3) is 0 Å². The molecule has 0 atom stereocenters. The third-order valence-corrected chi connectivity index (χ3v) is 4.37. The highest BCUT2D eigenvalue weighted by atomic mass is 127. The summed E-state index contributed by atoms with van der Waals surface area (Å²) in [5.41, 5.74) is 1.07. The largest absolute Gasteiger partial charge is 0.367 e. The van der Waals surface area contributed by atoms with Gasteiger partial charge in [0, 0.05) is 39.3 Å². The molecule has 1 aromatic carbocycles. The molecule has 1 aliphatic rings. The third-order valence-electron chi connectivity index (χ3n) is 4.05. The first kappa shape index (κ1) is 22.8. The zero-order valence-electron chi connectivity index (χ0n) is 15.5. The van der Waals surface area contributed by atoms with E-state index >= 15 is 0 Å². The number of hydrogen-bond acceptors (Lipinski definition) is 3. The van der Waals surface area contributed by atoms with Crippen molar-refractivity contribution in [2.45, 2.75) is 20.3 Å². The van der Waals surface area contributed by atoms with Gasteiger partial charge in [-0.25, -0.2) is 4.99 Å². The number of rotatable bonds is 6. The van der Waals surface area contributed by atoms with Gasteiger partial charge in [0.15, 0.2) is 5.96 Å². The van der Waals surface area contributed by atoms with Crippen molar-refractivity contribution in [3.63, 3.8) is 0 Å². The lowest BCUT2D eigenvalue weighted by atomic mass is 10.2. The monoisotopic (exact) mass is 493 g/mol. The zero-order chi connectivity index (χ0) is 18.1. The maximum atomic E-state index is 11.8. The molecular formula is C18H29ClIN5O. The van der Waals surface area contributed by atoms with E-state index in [-0.39, 0.29) is 36.4 Å². The normalized spacial score (nSPS) is 14.7. The van der Waals surface area contributed by atoms with E-state index in [1.54, 1.807) is 0 Å². The van der Waals surface area contributed by atoms with Gasteiger partial charge in [0.05, 0.1) is 10.7 Å². The molecule has 1 aliphatic heterocycles. The highest BCUT2D eigenvalue weighted by Crippen LogP contribution is 2.25. The molecule has 0 spiro atoms. The number of halogens is 2. The first-order valence-electron chi connectivity index (χ1n) is 8.95. The molecule has 6 nitrogen and oxygen atoms in total. The van der Waals surface area contributed by atoms with Gasteiger partial charge in [-0.15, -0.1) is 24.0 Å². The van der Waals surface area contributed by atoms with Crippen LogP contribution in [0.2, 0.25) is 5.02 Å². The summed E-state index contributed by atoms with van der Waals surface area (Å²) in [5, 5.41) is 6.92.